The van der Waals surface area contributed by atoms with Gasteiger partial charge in [-0.25, -0.2) is 4.39 Å². The van der Waals surface area contributed by atoms with Crippen molar-refractivity contribution in [3.05, 3.63) is 222 Å². The zero-order valence-corrected chi connectivity index (χ0v) is 33.8. The number of rotatable bonds is 8. The van der Waals surface area contributed by atoms with Crippen molar-refractivity contribution in [1.82, 2.24) is 4.98 Å². The number of aryl methyl sites for hydroxylation is 4. The predicted molar refractivity (Wildman–Crippen MR) is 247 cm³/mol. The SMILES string of the molecule is Cc1ccccc1-c1c(-c2ccc(F)cc2)c(-c2ccc(-c3ccc(-c4ccccn4)cc3)cc2)c(-c2ccccc2C)c(-c2ccccc2C)c1-c1ccccc1C. The monoisotopic (exact) mass is 761 g/mol. The molecule has 59 heavy (non-hydrogen) atoms. The lowest BCUT2D eigenvalue weighted by atomic mass is 9.72. The van der Waals surface area contributed by atoms with E-state index in [1.807, 2.05) is 36.5 Å². The molecule has 1 nitrogen and oxygen atoms in total. The molecular formula is C57H44FN. The molecule has 0 bridgehead atoms. The molecule has 0 atom stereocenters. The number of hydrogen-bond acceptors (Lipinski definition) is 1. The van der Waals surface area contributed by atoms with Gasteiger partial charge >= 0.3 is 0 Å². The zero-order chi connectivity index (χ0) is 40.5. The normalized spacial score (nSPS) is 11.1. The van der Waals surface area contributed by atoms with Gasteiger partial charge < -0.3 is 0 Å². The summed E-state index contributed by atoms with van der Waals surface area (Å²) in [5.41, 5.74) is 22.5. The maximum absolute atomic E-state index is 15.0. The van der Waals surface area contributed by atoms with Gasteiger partial charge in [-0.1, -0.05) is 164 Å². The summed E-state index contributed by atoms with van der Waals surface area (Å²) in [5.74, 6) is -0.263. The van der Waals surface area contributed by atoms with Crippen molar-refractivity contribution in [2.45, 2.75) is 27.7 Å². The van der Waals surface area contributed by atoms with Crippen LogP contribution in [0.1, 0.15) is 22.3 Å². The van der Waals surface area contributed by atoms with Crippen LogP contribution in [0.3, 0.4) is 0 Å². The molecule has 0 N–H and O–H groups in total. The van der Waals surface area contributed by atoms with Crippen LogP contribution in [0.15, 0.2) is 194 Å². The Morgan fingerprint density at radius 1 is 0.288 bits per heavy atom. The van der Waals surface area contributed by atoms with E-state index in [-0.39, 0.29) is 5.82 Å². The van der Waals surface area contributed by atoms with Crippen molar-refractivity contribution < 1.29 is 4.39 Å². The van der Waals surface area contributed by atoms with Crippen LogP contribution >= 0.6 is 0 Å². The first kappa shape index (κ1) is 37.4. The van der Waals surface area contributed by atoms with E-state index in [1.165, 1.54) is 38.9 Å². The van der Waals surface area contributed by atoms with Gasteiger partial charge in [0.25, 0.3) is 0 Å². The van der Waals surface area contributed by atoms with Gasteiger partial charge in [-0.05, 0) is 152 Å². The Balaban J connectivity index is 1.45. The van der Waals surface area contributed by atoms with Gasteiger partial charge in [-0.3, -0.25) is 4.98 Å². The van der Waals surface area contributed by atoms with Crippen LogP contribution < -0.4 is 0 Å². The fourth-order valence-corrected chi connectivity index (χ4v) is 8.63. The highest BCUT2D eigenvalue weighted by Crippen LogP contribution is 2.57. The van der Waals surface area contributed by atoms with E-state index in [4.69, 9.17) is 0 Å². The lowest BCUT2D eigenvalue weighted by Gasteiger charge is -2.30. The van der Waals surface area contributed by atoms with Gasteiger partial charge in [-0.2, -0.15) is 0 Å². The zero-order valence-electron chi connectivity index (χ0n) is 33.8. The number of benzene rings is 8. The number of aromatic nitrogens is 1. The Hall–Kier alpha value is -7.16. The smallest absolute Gasteiger partial charge is 0.123 e. The minimum absolute atomic E-state index is 0.263. The van der Waals surface area contributed by atoms with Gasteiger partial charge in [0, 0.05) is 11.8 Å². The summed E-state index contributed by atoms with van der Waals surface area (Å²) < 4.78 is 15.0. The van der Waals surface area contributed by atoms with Crippen molar-refractivity contribution in [3.8, 4) is 89.1 Å². The third-order valence-corrected chi connectivity index (χ3v) is 11.6. The largest absolute Gasteiger partial charge is 0.256 e. The van der Waals surface area contributed by atoms with Crippen LogP contribution in [0.4, 0.5) is 4.39 Å². The standard InChI is InChI=1S/C57H44FN/c1-37-15-5-9-19-47(37)54-52(44-30-26-42(27-31-44)41-24-28-43(29-25-41)51-23-13-14-36-59-51)53(45-32-34-46(58)35-33-45)55(48-20-10-6-16-38(48)2)57(50-22-12-8-18-40(50)4)56(54)49-21-11-7-17-39(49)3/h5-36H,1-4H3. The molecule has 0 saturated heterocycles. The number of nitrogens with zero attached hydrogens (tertiary/aromatic N) is 1. The molecule has 0 unspecified atom stereocenters. The minimum atomic E-state index is -0.263. The summed E-state index contributed by atoms with van der Waals surface area (Å²) >= 11 is 0. The summed E-state index contributed by atoms with van der Waals surface area (Å²) in [6.07, 6.45) is 1.83. The van der Waals surface area contributed by atoms with Crippen LogP contribution in [0, 0.1) is 33.5 Å². The molecular weight excluding hydrogens is 718 g/mol. The van der Waals surface area contributed by atoms with E-state index < -0.39 is 0 Å². The first-order valence-electron chi connectivity index (χ1n) is 20.2. The van der Waals surface area contributed by atoms with Gasteiger partial charge in [0.2, 0.25) is 0 Å². The van der Waals surface area contributed by atoms with Crippen molar-refractivity contribution >= 4 is 0 Å². The Morgan fingerprint density at radius 3 is 0.949 bits per heavy atom. The van der Waals surface area contributed by atoms with E-state index >= 15 is 0 Å². The van der Waals surface area contributed by atoms with Crippen LogP contribution in [-0.4, -0.2) is 4.98 Å². The van der Waals surface area contributed by atoms with E-state index in [1.54, 1.807) is 12.1 Å². The fraction of sp³-hybridized carbons (Fsp3) is 0.0702. The molecule has 0 aliphatic rings. The topological polar surface area (TPSA) is 12.9 Å². The maximum Gasteiger partial charge on any atom is 0.123 e. The minimum Gasteiger partial charge on any atom is -0.256 e. The van der Waals surface area contributed by atoms with Crippen molar-refractivity contribution in [2.24, 2.45) is 0 Å². The molecule has 8 aromatic carbocycles. The summed E-state index contributed by atoms with van der Waals surface area (Å²) in [6, 6.07) is 65.6. The Bertz CT molecular complexity index is 2940. The molecule has 0 aliphatic carbocycles. The third kappa shape index (κ3) is 7.08. The van der Waals surface area contributed by atoms with Crippen molar-refractivity contribution in [1.29, 1.82) is 0 Å². The molecule has 0 saturated carbocycles. The van der Waals surface area contributed by atoms with Crippen molar-refractivity contribution in [2.75, 3.05) is 0 Å². The lowest BCUT2D eigenvalue weighted by molar-refractivity contribution is 0.628. The predicted octanol–water partition coefficient (Wildman–Crippen LogP) is 15.8. The lowest BCUT2D eigenvalue weighted by Crippen LogP contribution is -2.04. The maximum atomic E-state index is 15.0. The Morgan fingerprint density at radius 2 is 0.593 bits per heavy atom. The summed E-state index contributed by atoms with van der Waals surface area (Å²) in [4.78, 5) is 4.55. The molecule has 9 aromatic rings. The highest BCUT2D eigenvalue weighted by molar-refractivity contribution is 6.16. The molecule has 9 rings (SSSR count). The van der Waals surface area contributed by atoms with Gasteiger partial charge in [0.1, 0.15) is 5.82 Å². The second-order valence-corrected chi connectivity index (χ2v) is 15.4. The van der Waals surface area contributed by atoms with E-state index in [9.17, 15) is 4.39 Å². The van der Waals surface area contributed by atoms with Crippen molar-refractivity contribution in [3.63, 3.8) is 0 Å². The molecule has 0 radical (unpaired) electrons. The van der Waals surface area contributed by atoms with E-state index in [0.717, 1.165) is 72.5 Å². The van der Waals surface area contributed by atoms with E-state index in [0.29, 0.717) is 0 Å². The van der Waals surface area contributed by atoms with Gasteiger partial charge in [0.05, 0.1) is 5.69 Å². The number of halogens is 1. The molecule has 1 heterocycles. The van der Waals surface area contributed by atoms with E-state index in [2.05, 4.69) is 178 Å². The highest BCUT2D eigenvalue weighted by Gasteiger charge is 2.31. The first-order chi connectivity index (χ1) is 28.9. The summed E-state index contributed by atoms with van der Waals surface area (Å²) in [7, 11) is 0. The average Bonchev–Trinajstić information content (AvgIpc) is 3.27. The number of hydrogen-bond donors (Lipinski definition) is 0. The van der Waals surface area contributed by atoms with Gasteiger partial charge in [-0.15, -0.1) is 0 Å². The molecule has 0 amide bonds. The molecule has 0 spiro atoms. The van der Waals surface area contributed by atoms with Gasteiger partial charge in [0.15, 0.2) is 0 Å². The van der Waals surface area contributed by atoms with Crippen LogP contribution in [0.2, 0.25) is 0 Å². The molecule has 1 aromatic heterocycles. The Labute approximate surface area is 347 Å². The highest BCUT2D eigenvalue weighted by atomic mass is 19.1. The summed E-state index contributed by atoms with van der Waals surface area (Å²) in [6.45, 7) is 8.83. The second-order valence-electron chi connectivity index (χ2n) is 15.4. The molecule has 2 heteroatoms. The average molecular weight is 762 g/mol. The second kappa shape index (κ2) is 16.0. The molecule has 284 valence electrons. The fourth-order valence-electron chi connectivity index (χ4n) is 8.63. The van der Waals surface area contributed by atoms with Crippen LogP contribution in [0.5, 0.6) is 0 Å². The first-order valence-corrected chi connectivity index (χ1v) is 20.2. The third-order valence-electron chi connectivity index (χ3n) is 11.6. The summed E-state index contributed by atoms with van der Waals surface area (Å²) in [5, 5.41) is 0. The Kier molecular flexibility index (Phi) is 10.1. The quantitative estimate of drug-likeness (QED) is 0.150. The molecule has 0 aliphatic heterocycles. The molecule has 0 fully saturated rings. The number of pyridine rings is 1. The van der Waals surface area contributed by atoms with Crippen LogP contribution in [0.25, 0.3) is 89.1 Å². The van der Waals surface area contributed by atoms with Crippen LogP contribution in [-0.2, 0) is 0 Å².